The van der Waals surface area contributed by atoms with Crippen LogP contribution in [-0.2, 0) is 4.79 Å². The number of rotatable bonds is 4. The third-order valence-corrected chi connectivity index (χ3v) is 2.09. The first kappa shape index (κ1) is 16.7. The summed E-state index contributed by atoms with van der Waals surface area (Å²) in [6.07, 6.45) is 0. The van der Waals surface area contributed by atoms with E-state index in [2.05, 4.69) is 15.6 Å². The van der Waals surface area contributed by atoms with Gasteiger partial charge in [-0.3, -0.25) is 9.79 Å². The zero-order valence-corrected chi connectivity index (χ0v) is 12.9. The van der Waals surface area contributed by atoms with E-state index in [4.69, 9.17) is 5.73 Å². The maximum Gasteiger partial charge on any atom is 0.216 e. The van der Waals surface area contributed by atoms with Crippen LogP contribution in [0.25, 0.3) is 0 Å². The van der Waals surface area contributed by atoms with Crippen LogP contribution in [0.3, 0.4) is 0 Å². The normalized spacial score (nSPS) is 10.4. The number of amides is 1. The van der Waals surface area contributed by atoms with Crippen molar-refractivity contribution in [3.63, 3.8) is 0 Å². The van der Waals surface area contributed by atoms with Crippen LogP contribution in [0.1, 0.15) is 12.5 Å². The van der Waals surface area contributed by atoms with Gasteiger partial charge in [0.15, 0.2) is 5.96 Å². The van der Waals surface area contributed by atoms with Gasteiger partial charge in [-0.05, 0) is 19.1 Å². The van der Waals surface area contributed by atoms with Gasteiger partial charge in [-0.2, -0.15) is 0 Å². The number of aliphatic imine (C=N–C) groups is 1. The van der Waals surface area contributed by atoms with Crippen molar-refractivity contribution in [1.29, 1.82) is 0 Å². The minimum Gasteiger partial charge on any atom is -0.370 e. The van der Waals surface area contributed by atoms with Crippen LogP contribution in [0, 0.1) is 6.92 Å². The number of nitrogens with two attached hydrogens (primary N) is 1. The van der Waals surface area contributed by atoms with Crippen LogP contribution in [0.2, 0.25) is 0 Å². The number of hydrogen-bond donors (Lipinski definition) is 3. The zero-order valence-electron chi connectivity index (χ0n) is 10.6. The van der Waals surface area contributed by atoms with Crippen molar-refractivity contribution in [3.8, 4) is 0 Å². The molecule has 6 heteroatoms. The molecule has 0 saturated carbocycles. The van der Waals surface area contributed by atoms with Gasteiger partial charge in [-0.25, -0.2) is 0 Å². The van der Waals surface area contributed by atoms with Gasteiger partial charge in [0, 0.05) is 19.2 Å². The van der Waals surface area contributed by atoms with Crippen molar-refractivity contribution in [2.24, 2.45) is 10.7 Å². The Morgan fingerprint density at radius 1 is 1.33 bits per heavy atom. The van der Waals surface area contributed by atoms with Gasteiger partial charge >= 0.3 is 0 Å². The maximum atomic E-state index is 10.6. The summed E-state index contributed by atoms with van der Waals surface area (Å²) >= 11 is 0. The molecule has 0 aliphatic rings. The molecule has 0 unspecified atom stereocenters. The predicted molar refractivity (Wildman–Crippen MR) is 85.4 cm³/mol. The van der Waals surface area contributed by atoms with E-state index in [1.165, 1.54) is 12.5 Å². The highest BCUT2D eigenvalue weighted by molar-refractivity contribution is 14.0. The highest BCUT2D eigenvalue weighted by atomic mass is 127. The molecule has 1 aromatic rings. The maximum absolute atomic E-state index is 10.6. The number of guanidine groups is 1. The quantitative estimate of drug-likeness (QED) is 0.329. The van der Waals surface area contributed by atoms with Gasteiger partial charge in [0.1, 0.15) is 0 Å². The molecule has 0 radical (unpaired) electrons. The smallest absolute Gasteiger partial charge is 0.216 e. The van der Waals surface area contributed by atoms with E-state index in [1.807, 2.05) is 31.2 Å². The van der Waals surface area contributed by atoms with Crippen molar-refractivity contribution in [3.05, 3.63) is 29.8 Å². The Hall–Kier alpha value is -1.31. The molecule has 0 aliphatic heterocycles. The molecule has 0 aromatic heterocycles. The van der Waals surface area contributed by atoms with E-state index >= 15 is 0 Å². The second kappa shape index (κ2) is 8.73. The number of anilines is 1. The number of hydrogen-bond acceptors (Lipinski definition) is 2. The first-order valence-corrected chi connectivity index (χ1v) is 5.46. The zero-order chi connectivity index (χ0) is 12.7. The predicted octanol–water partition coefficient (Wildman–Crippen LogP) is 1.48. The summed E-state index contributed by atoms with van der Waals surface area (Å²) in [5.41, 5.74) is 7.78. The van der Waals surface area contributed by atoms with Crippen molar-refractivity contribution in [2.75, 3.05) is 18.4 Å². The molecule has 1 aromatic carbocycles. The SMILES string of the molecule is CC(=O)NCCN=C(N)Nc1ccc(C)cc1.I. The molecule has 100 valence electrons. The topological polar surface area (TPSA) is 79.5 Å². The van der Waals surface area contributed by atoms with E-state index < -0.39 is 0 Å². The fourth-order valence-electron chi connectivity index (χ4n) is 1.23. The highest BCUT2D eigenvalue weighted by Crippen LogP contribution is 2.07. The molecule has 4 N–H and O–H groups in total. The number of nitrogens with zero attached hydrogens (tertiary/aromatic N) is 1. The Balaban J connectivity index is 0.00000289. The van der Waals surface area contributed by atoms with Crippen LogP contribution in [0.15, 0.2) is 29.3 Å². The Bertz CT molecular complexity index is 403. The Morgan fingerprint density at radius 2 is 1.94 bits per heavy atom. The second-order valence-electron chi connectivity index (χ2n) is 3.74. The summed E-state index contributed by atoms with van der Waals surface area (Å²) in [5, 5.41) is 5.62. The van der Waals surface area contributed by atoms with Gasteiger partial charge in [0.05, 0.1) is 6.54 Å². The van der Waals surface area contributed by atoms with Crippen LogP contribution in [-0.4, -0.2) is 25.0 Å². The fraction of sp³-hybridized carbons (Fsp3) is 0.333. The monoisotopic (exact) mass is 362 g/mol. The molecule has 0 spiro atoms. The number of carbonyl (C=O) groups is 1. The first-order chi connectivity index (χ1) is 8.08. The third-order valence-electron chi connectivity index (χ3n) is 2.09. The van der Waals surface area contributed by atoms with E-state index in [0.29, 0.717) is 19.0 Å². The fourth-order valence-corrected chi connectivity index (χ4v) is 1.23. The van der Waals surface area contributed by atoms with Gasteiger partial charge in [-0.15, -0.1) is 24.0 Å². The number of nitrogens with one attached hydrogen (secondary N) is 2. The highest BCUT2D eigenvalue weighted by Gasteiger charge is 1.94. The molecule has 18 heavy (non-hydrogen) atoms. The molecule has 0 atom stereocenters. The van der Waals surface area contributed by atoms with E-state index in [1.54, 1.807) is 0 Å². The van der Waals surface area contributed by atoms with E-state index in [9.17, 15) is 4.79 Å². The molecule has 0 aliphatic carbocycles. The molecule has 0 heterocycles. The summed E-state index contributed by atoms with van der Waals surface area (Å²) in [5.74, 6) is 0.282. The van der Waals surface area contributed by atoms with Gasteiger partial charge in [0.2, 0.25) is 5.91 Å². The number of aryl methyl sites for hydroxylation is 1. The average Bonchev–Trinajstić information content (AvgIpc) is 2.27. The Labute approximate surface area is 124 Å². The second-order valence-corrected chi connectivity index (χ2v) is 3.74. The lowest BCUT2D eigenvalue weighted by Gasteiger charge is -2.06. The summed E-state index contributed by atoms with van der Waals surface area (Å²) in [4.78, 5) is 14.7. The number of benzene rings is 1. The summed E-state index contributed by atoms with van der Waals surface area (Å²) in [6.45, 7) is 4.45. The van der Waals surface area contributed by atoms with Crippen molar-refractivity contribution in [2.45, 2.75) is 13.8 Å². The van der Waals surface area contributed by atoms with Gasteiger partial charge < -0.3 is 16.4 Å². The molecule has 1 amide bonds. The lowest BCUT2D eigenvalue weighted by Crippen LogP contribution is -2.26. The minimum absolute atomic E-state index is 0. The summed E-state index contributed by atoms with van der Waals surface area (Å²) < 4.78 is 0. The lowest BCUT2D eigenvalue weighted by atomic mass is 10.2. The lowest BCUT2D eigenvalue weighted by molar-refractivity contribution is -0.118. The van der Waals surface area contributed by atoms with Crippen LogP contribution >= 0.6 is 24.0 Å². The van der Waals surface area contributed by atoms with Crippen molar-refractivity contribution >= 4 is 41.5 Å². The standard InChI is InChI=1S/C12H18N4O.HI/c1-9-3-5-11(6-4-9)16-12(13)15-8-7-14-10(2)17;/h3-6H,7-8H2,1-2H3,(H,14,17)(H3,13,15,16);1H. The van der Waals surface area contributed by atoms with E-state index in [0.717, 1.165) is 5.69 Å². The van der Waals surface area contributed by atoms with Crippen LogP contribution in [0.5, 0.6) is 0 Å². The molecule has 0 fully saturated rings. The molecule has 1 rings (SSSR count). The minimum atomic E-state index is -0.0646. The number of halogens is 1. The van der Waals surface area contributed by atoms with Crippen LogP contribution in [0.4, 0.5) is 5.69 Å². The number of carbonyl (C=O) groups excluding carboxylic acids is 1. The summed E-state index contributed by atoms with van der Waals surface area (Å²) in [6, 6.07) is 7.86. The largest absolute Gasteiger partial charge is 0.370 e. The Kier molecular flexibility index (Phi) is 8.10. The molecule has 5 nitrogen and oxygen atoms in total. The third kappa shape index (κ3) is 7.10. The molecular weight excluding hydrogens is 343 g/mol. The summed E-state index contributed by atoms with van der Waals surface area (Å²) in [7, 11) is 0. The van der Waals surface area contributed by atoms with Crippen LogP contribution < -0.4 is 16.4 Å². The van der Waals surface area contributed by atoms with Crippen molar-refractivity contribution < 1.29 is 4.79 Å². The average molecular weight is 362 g/mol. The first-order valence-electron chi connectivity index (χ1n) is 5.46. The van der Waals surface area contributed by atoms with Gasteiger partial charge in [-0.1, -0.05) is 17.7 Å². The Morgan fingerprint density at radius 3 is 2.50 bits per heavy atom. The van der Waals surface area contributed by atoms with E-state index in [-0.39, 0.29) is 29.9 Å². The molecular formula is C12H19IN4O. The molecule has 0 saturated heterocycles. The van der Waals surface area contributed by atoms with Gasteiger partial charge in [0.25, 0.3) is 0 Å². The van der Waals surface area contributed by atoms with Crippen molar-refractivity contribution in [1.82, 2.24) is 5.32 Å². The molecule has 0 bridgehead atoms.